The summed E-state index contributed by atoms with van der Waals surface area (Å²) in [6.45, 7) is 0. The first-order valence-corrected chi connectivity index (χ1v) is 5.66. The number of hydrogen-bond donors (Lipinski definition) is 3. The number of anilines is 1. The first kappa shape index (κ1) is 12.7. The predicted octanol–water partition coefficient (Wildman–Crippen LogP) is 2.44. The van der Waals surface area contributed by atoms with Gasteiger partial charge >= 0.3 is 0 Å². The average molecular weight is 345 g/mol. The maximum absolute atomic E-state index is 8.64. The maximum atomic E-state index is 8.64. The van der Waals surface area contributed by atoms with Gasteiger partial charge in [-0.25, -0.2) is 0 Å². The van der Waals surface area contributed by atoms with Crippen LogP contribution in [-0.4, -0.2) is 11.5 Å². The van der Waals surface area contributed by atoms with Crippen molar-refractivity contribution in [1.29, 1.82) is 10.7 Å². The second kappa shape index (κ2) is 5.63. The average Bonchev–Trinajstić information content (AvgIpc) is 2.23. The molecule has 0 heterocycles. The quantitative estimate of drug-likeness (QED) is 0.446. The lowest BCUT2D eigenvalue weighted by atomic mass is 10.3. The molecule has 82 valence electrons. The zero-order valence-corrected chi connectivity index (χ0v) is 11.1. The number of rotatable bonds is 3. The van der Waals surface area contributed by atoms with Crippen molar-refractivity contribution in [2.45, 2.75) is 0 Å². The van der Waals surface area contributed by atoms with E-state index in [1.807, 2.05) is 12.1 Å². The number of nitrogens with zero attached hydrogens (tertiary/aromatic N) is 2. The van der Waals surface area contributed by atoms with Crippen molar-refractivity contribution in [3.8, 4) is 6.07 Å². The number of nitrogens with two attached hydrogens (primary N) is 1. The highest BCUT2D eigenvalue weighted by atomic mass is 79.9. The van der Waals surface area contributed by atoms with Crippen molar-refractivity contribution in [3.63, 3.8) is 0 Å². The van der Waals surface area contributed by atoms with E-state index in [-0.39, 0.29) is 11.5 Å². The molecule has 0 aromatic heterocycles. The largest absolute Gasteiger partial charge is 0.382 e. The van der Waals surface area contributed by atoms with E-state index in [2.05, 4.69) is 42.4 Å². The Morgan fingerprint density at radius 3 is 2.75 bits per heavy atom. The molecule has 4 N–H and O–H groups in total. The van der Waals surface area contributed by atoms with Crippen LogP contribution < -0.4 is 11.2 Å². The van der Waals surface area contributed by atoms with Crippen molar-refractivity contribution in [1.82, 2.24) is 0 Å². The summed E-state index contributed by atoms with van der Waals surface area (Å²) in [4.78, 5) is 0. The van der Waals surface area contributed by atoms with E-state index in [4.69, 9.17) is 16.4 Å². The van der Waals surface area contributed by atoms with Crippen LogP contribution in [0.3, 0.4) is 0 Å². The number of nitriles is 1. The van der Waals surface area contributed by atoms with Crippen molar-refractivity contribution in [3.05, 3.63) is 27.1 Å². The molecule has 1 rings (SSSR count). The molecule has 0 bridgehead atoms. The molecule has 0 saturated heterocycles. The normalized spacial score (nSPS) is 10.7. The molecule has 5 nitrogen and oxygen atoms in total. The number of hydrazone groups is 1. The van der Waals surface area contributed by atoms with Crippen LogP contribution in [0, 0.1) is 16.7 Å². The fourth-order valence-corrected chi connectivity index (χ4v) is 1.54. The summed E-state index contributed by atoms with van der Waals surface area (Å²) in [5.41, 5.74) is 8.31. The van der Waals surface area contributed by atoms with Crippen LogP contribution in [-0.2, 0) is 0 Å². The third-order valence-electron chi connectivity index (χ3n) is 1.58. The lowest BCUT2D eigenvalue weighted by Gasteiger charge is -2.04. The van der Waals surface area contributed by atoms with Gasteiger partial charge in [0.25, 0.3) is 0 Å². The number of nitrogens with one attached hydrogen (secondary N) is 2. The third-order valence-corrected chi connectivity index (χ3v) is 2.76. The molecule has 1 aromatic rings. The smallest absolute Gasteiger partial charge is 0.201 e. The molecule has 0 saturated carbocycles. The highest BCUT2D eigenvalue weighted by molar-refractivity contribution is 9.11. The predicted molar refractivity (Wildman–Crippen MR) is 70.4 cm³/mol. The van der Waals surface area contributed by atoms with Gasteiger partial charge in [0.05, 0.1) is 5.69 Å². The molecule has 0 fully saturated rings. The first-order chi connectivity index (χ1) is 7.54. The first-order valence-electron chi connectivity index (χ1n) is 4.08. The van der Waals surface area contributed by atoms with Crippen molar-refractivity contribution >= 4 is 49.1 Å². The van der Waals surface area contributed by atoms with Crippen LogP contribution in [0.5, 0.6) is 0 Å². The number of benzene rings is 1. The summed E-state index contributed by atoms with van der Waals surface area (Å²) in [6.07, 6.45) is 0. The Labute approximate surface area is 109 Å². The summed E-state index contributed by atoms with van der Waals surface area (Å²) < 4.78 is 1.66. The standard InChI is InChI=1S/C9H7Br2N5/c10-5-1-2-6(11)7(3-5)15-16-8(4-12)9(13)14/h1-3,15H,(H3,13,14)/b16-8+. The summed E-state index contributed by atoms with van der Waals surface area (Å²) >= 11 is 6.63. The summed E-state index contributed by atoms with van der Waals surface area (Å²) in [6, 6.07) is 7.17. The van der Waals surface area contributed by atoms with Gasteiger partial charge in [-0.2, -0.15) is 10.4 Å². The second-order valence-electron chi connectivity index (χ2n) is 2.72. The Morgan fingerprint density at radius 1 is 1.50 bits per heavy atom. The molecular formula is C9H7Br2N5. The van der Waals surface area contributed by atoms with Crippen LogP contribution in [0.1, 0.15) is 0 Å². The SMILES string of the molecule is N#C/C(=N\Nc1cc(Br)ccc1Br)C(=N)N. The van der Waals surface area contributed by atoms with Crippen LogP contribution in [0.25, 0.3) is 0 Å². The van der Waals surface area contributed by atoms with Crippen LogP contribution in [0.2, 0.25) is 0 Å². The molecule has 0 amide bonds. The van der Waals surface area contributed by atoms with E-state index >= 15 is 0 Å². The van der Waals surface area contributed by atoms with E-state index in [0.29, 0.717) is 5.69 Å². The van der Waals surface area contributed by atoms with Gasteiger partial charge in [-0.3, -0.25) is 10.8 Å². The fraction of sp³-hybridized carbons (Fsp3) is 0. The van der Waals surface area contributed by atoms with E-state index in [1.165, 1.54) is 0 Å². The minimum atomic E-state index is -0.374. The molecule has 1 aromatic carbocycles. The summed E-state index contributed by atoms with van der Waals surface area (Å²) in [5.74, 6) is -0.374. The number of amidine groups is 1. The van der Waals surface area contributed by atoms with Crippen molar-refractivity contribution in [2.24, 2.45) is 10.8 Å². The topological polar surface area (TPSA) is 98.0 Å². The van der Waals surface area contributed by atoms with E-state index < -0.39 is 0 Å². The van der Waals surface area contributed by atoms with Gasteiger partial charge in [-0.15, -0.1) is 0 Å². The van der Waals surface area contributed by atoms with E-state index in [9.17, 15) is 0 Å². The molecule has 0 aliphatic heterocycles. The Morgan fingerprint density at radius 2 is 2.19 bits per heavy atom. The Hall–Kier alpha value is -1.39. The molecule has 7 heteroatoms. The minimum Gasteiger partial charge on any atom is -0.382 e. The van der Waals surface area contributed by atoms with E-state index in [1.54, 1.807) is 12.1 Å². The van der Waals surface area contributed by atoms with Gasteiger partial charge < -0.3 is 5.73 Å². The molecule has 0 spiro atoms. The Bertz CT molecular complexity index is 489. The fourth-order valence-electron chi connectivity index (χ4n) is 0.845. The Balaban J connectivity index is 2.94. The lowest BCUT2D eigenvalue weighted by Crippen LogP contribution is -2.21. The second-order valence-corrected chi connectivity index (χ2v) is 4.49. The highest BCUT2D eigenvalue weighted by Crippen LogP contribution is 2.26. The molecular weight excluding hydrogens is 338 g/mol. The van der Waals surface area contributed by atoms with Gasteiger partial charge in [0.15, 0.2) is 5.84 Å². The summed E-state index contributed by atoms with van der Waals surface area (Å²) in [7, 11) is 0. The van der Waals surface area contributed by atoms with Crippen molar-refractivity contribution < 1.29 is 0 Å². The number of halogens is 2. The zero-order chi connectivity index (χ0) is 12.1. The highest BCUT2D eigenvalue weighted by Gasteiger charge is 2.03. The lowest BCUT2D eigenvalue weighted by molar-refractivity contribution is 1.32. The Kier molecular flexibility index (Phi) is 4.46. The molecule has 0 atom stereocenters. The van der Waals surface area contributed by atoms with Crippen LogP contribution >= 0.6 is 31.9 Å². The minimum absolute atomic E-state index is 0.160. The van der Waals surface area contributed by atoms with Gasteiger partial charge in [0.2, 0.25) is 5.71 Å². The monoisotopic (exact) mass is 343 g/mol. The summed E-state index contributed by atoms with van der Waals surface area (Å²) in [5, 5.41) is 19.4. The van der Waals surface area contributed by atoms with Crippen LogP contribution in [0.15, 0.2) is 32.2 Å². The van der Waals surface area contributed by atoms with Gasteiger partial charge in [-0.1, -0.05) is 15.9 Å². The molecule has 0 radical (unpaired) electrons. The zero-order valence-electron chi connectivity index (χ0n) is 7.96. The number of hydrogen-bond acceptors (Lipinski definition) is 4. The van der Waals surface area contributed by atoms with Crippen LogP contribution in [0.4, 0.5) is 5.69 Å². The molecule has 0 unspecified atom stereocenters. The van der Waals surface area contributed by atoms with Crippen molar-refractivity contribution in [2.75, 3.05) is 5.43 Å². The van der Waals surface area contributed by atoms with Gasteiger partial charge in [0.1, 0.15) is 6.07 Å². The molecule has 0 aliphatic rings. The van der Waals surface area contributed by atoms with E-state index in [0.717, 1.165) is 8.95 Å². The van der Waals surface area contributed by atoms with Gasteiger partial charge in [0, 0.05) is 8.95 Å². The molecule has 16 heavy (non-hydrogen) atoms. The molecule has 0 aliphatic carbocycles. The maximum Gasteiger partial charge on any atom is 0.201 e. The van der Waals surface area contributed by atoms with Gasteiger partial charge in [-0.05, 0) is 34.1 Å². The third kappa shape index (κ3) is 3.32.